The van der Waals surface area contributed by atoms with Crippen LogP contribution < -0.4 is 37.9 Å². The molecule has 0 radical (unpaired) electrons. The van der Waals surface area contributed by atoms with Gasteiger partial charge in [-0.25, -0.2) is 14.8 Å². The minimum atomic E-state index is -1.30. The van der Waals surface area contributed by atoms with E-state index >= 15 is 0 Å². The number of nitrogens with zero attached hydrogens (tertiary/aromatic N) is 5. The van der Waals surface area contributed by atoms with E-state index in [1.54, 1.807) is 18.3 Å². The third kappa shape index (κ3) is 11.7. The highest BCUT2D eigenvalue weighted by Gasteiger charge is 2.22. The summed E-state index contributed by atoms with van der Waals surface area (Å²) in [5.74, 6) is -2.93. The molecule has 260 valence electrons. The maximum atomic E-state index is 12.4. The van der Waals surface area contributed by atoms with Crippen molar-refractivity contribution in [1.29, 1.82) is 0 Å². The van der Waals surface area contributed by atoms with E-state index in [0.29, 0.717) is 29.0 Å². The topological polar surface area (TPSA) is 264 Å². The van der Waals surface area contributed by atoms with Crippen LogP contribution in [0.2, 0.25) is 0 Å². The second-order valence-electron chi connectivity index (χ2n) is 11.1. The molecule has 17 heteroatoms. The van der Waals surface area contributed by atoms with Gasteiger partial charge in [0.2, 0.25) is 5.95 Å². The van der Waals surface area contributed by atoms with Crippen molar-refractivity contribution in [2.75, 3.05) is 30.5 Å². The van der Waals surface area contributed by atoms with E-state index in [0.717, 1.165) is 17.8 Å². The number of benzene rings is 2. The Hall–Kier alpha value is -5.94. The summed E-state index contributed by atoms with van der Waals surface area (Å²) in [7, 11) is 3.64. The van der Waals surface area contributed by atoms with Crippen LogP contribution >= 0.6 is 0 Å². The van der Waals surface area contributed by atoms with Gasteiger partial charge in [-0.1, -0.05) is 12.1 Å². The van der Waals surface area contributed by atoms with Crippen molar-refractivity contribution >= 4 is 52.4 Å². The summed E-state index contributed by atoms with van der Waals surface area (Å²) >= 11 is 0. The molecule has 0 aliphatic carbocycles. The van der Waals surface area contributed by atoms with E-state index in [2.05, 4.69) is 41.4 Å². The van der Waals surface area contributed by atoms with Gasteiger partial charge < -0.3 is 37.2 Å². The van der Waals surface area contributed by atoms with E-state index in [1.807, 2.05) is 57.1 Å². The number of amides is 2. The number of aliphatic carboxylic acids is 2. The predicted molar refractivity (Wildman–Crippen MR) is 183 cm³/mol. The highest BCUT2D eigenvalue weighted by atomic mass is 16.4. The number of rotatable bonds is 14. The number of hydrazine groups is 1. The average Bonchev–Trinajstić information content (AvgIpc) is 3.05. The molecule has 10 N–H and O–H groups in total. The standard InChI is InChI=1S/C20H22N8O5.C12H19N3O/c1-28(9-11-8-23-17-15(24-11)16(21)26-20(22)27-17)12-4-2-10(3-5-12)18(31)25-13(19(32)33)6-7-14(29)30;1-9(2)15-12(16)11-6-4-10(5-7-11)8-14-13-3/h2-5,8,13H,6-7,9H2,1H3,(H,25,31)(H,29,30)(H,32,33)(H4,21,22,23,26,27);4-7,9,13-14H,8H2,1-3H3,(H,15,16)/t13-;/m0./s1. The Morgan fingerprint density at radius 3 is 2.06 bits per heavy atom. The molecule has 0 saturated carbocycles. The second kappa shape index (κ2) is 17.8. The molecule has 4 aromatic rings. The maximum absolute atomic E-state index is 12.4. The number of carbonyl (C=O) groups is 4. The zero-order valence-electron chi connectivity index (χ0n) is 27.6. The molecule has 17 nitrogen and oxygen atoms in total. The lowest BCUT2D eigenvalue weighted by Gasteiger charge is -2.19. The van der Waals surface area contributed by atoms with Gasteiger partial charge in [0, 0.05) is 42.9 Å². The van der Waals surface area contributed by atoms with Gasteiger partial charge >= 0.3 is 11.9 Å². The minimum Gasteiger partial charge on any atom is -0.481 e. The summed E-state index contributed by atoms with van der Waals surface area (Å²) in [5, 5.41) is 23.1. The molecule has 0 aliphatic heterocycles. The number of fused-ring (bicyclic) bond motifs is 1. The number of hydrogen-bond acceptors (Lipinski definition) is 13. The van der Waals surface area contributed by atoms with Crippen molar-refractivity contribution in [3.05, 3.63) is 77.1 Å². The number of carboxylic acids is 2. The van der Waals surface area contributed by atoms with Gasteiger partial charge in [0.15, 0.2) is 17.0 Å². The maximum Gasteiger partial charge on any atom is 0.326 e. The van der Waals surface area contributed by atoms with Gasteiger partial charge in [-0.15, -0.1) is 0 Å². The number of carboxylic acid groups (broad SMARTS) is 2. The molecule has 0 unspecified atom stereocenters. The molecule has 0 saturated heterocycles. The highest BCUT2D eigenvalue weighted by Crippen LogP contribution is 2.19. The van der Waals surface area contributed by atoms with Crippen molar-refractivity contribution in [2.45, 2.75) is 51.9 Å². The third-order valence-electron chi connectivity index (χ3n) is 6.83. The molecule has 0 bridgehead atoms. The SMILES string of the molecule is CN(Cc1cnc2nc(N)nc(N)c2n1)c1ccc(C(=O)N[C@@H](CCC(=O)O)C(=O)O)cc1.CNNCc1ccc(C(=O)NC(C)C)cc1. The fraction of sp³-hybridized carbons (Fsp3) is 0.312. The number of nitrogens with two attached hydrogens (primary N) is 2. The van der Waals surface area contributed by atoms with Gasteiger partial charge in [-0.3, -0.25) is 25.2 Å². The second-order valence-corrected chi connectivity index (χ2v) is 11.1. The van der Waals surface area contributed by atoms with Crippen LogP contribution in [0.25, 0.3) is 11.2 Å². The normalized spacial score (nSPS) is 11.3. The Labute approximate surface area is 282 Å². The summed E-state index contributed by atoms with van der Waals surface area (Å²) in [5.41, 5.74) is 21.3. The predicted octanol–water partition coefficient (Wildman–Crippen LogP) is 1.32. The lowest BCUT2D eigenvalue weighted by molar-refractivity contribution is -0.140. The smallest absolute Gasteiger partial charge is 0.326 e. The molecule has 49 heavy (non-hydrogen) atoms. The monoisotopic (exact) mass is 675 g/mol. The van der Waals surface area contributed by atoms with Gasteiger partial charge in [0.25, 0.3) is 11.8 Å². The number of carbonyl (C=O) groups excluding carboxylic acids is 2. The summed E-state index contributed by atoms with van der Waals surface area (Å²) in [6, 6.07) is 12.9. The Morgan fingerprint density at radius 2 is 1.49 bits per heavy atom. The molecule has 2 aromatic heterocycles. The Balaban J connectivity index is 0.000000341. The first-order valence-corrected chi connectivity index (χ1v) is 15.2. The summed E-state index contributed by atoms with van der Waals surface area (Å²) < 4.78 is 0. The number of anilines is 3. The quantitative estimate of drug-likeness (QED) is 0.0876. The first-order chi connectivity index (χ1) is 23.3. The summed E-state index contributed by atoms with van der Waals surface area (Å²) in [4.78, 5) is 64.3. The van der Waals surface area contributed by atoms with E-state index < -0.39 is 23.9 Å². The summed E-state index contributed by atoms with van der Waals surface area (Å²) in [6.45, 7) is 5.00. The Bertz CT molecular complexity index is 1750. The largest absolute Gasteiger partial charge is 0.481 e. The van der Waals surface area contributed by atoms with Crippen molar-refractivity contribution < 1.29 is 29.4 Å². The first kappa shape index (κ1) is 37.5. The molecule has 0 fully saturated rings. The number of aromatic nitrogens is 4. The molecule has 0 spiro atoms. The van der Waals surface area contributed by atoms with E-state index in [9.17, 15) is 24.3 Å². The highest BCUT2D eigenvalue weighted by molar-refractivity contribution is 5.97. The summed E-state index contributed by atoms with van der Waals surface area (Å²) in [6.07, 6.45) is 0.964. The number of hydrogen-bond donors (Lipinski definition) is 8. The lowest BCUT2D eigenvalue weighted by Crippen LogP contribution is -2.41. The van der Waals surface area contributed by atoms with Crippen LogP contribution in [-0.4, -0.2) is 80.1 Å². The van der Waals surface area contributed by atoms with Crippen molar-refractivity contribution in [1.82, 2.24) is 41.4 Å². The van der Waals surface area contributed by atoms with E-state index in [4.69, 9.17) is 16.6 Å². The number of nitrogen functional groups attached to an aromatic ring is 2. The van der Waals surface area contributed by atoms with Crippen molar-refractivity contribution in [3.8, 4) is 0 Å². The molecule has 2 heterocycles. The van der Waals surface area contributed by atoms with Crippen molar-refractivity contribution in [2.24, 2.45) is 0 Å². The van der Waals surface area contributed by atoms with Crippen LogP contribution in [-0.2, 0) is 22.7 Å². The average molecular weight is 676 g/mol. The van der Waals surface area contributed by atoms with Crippen LogP contribution in [0.1, 0.15) is 58.7 Å². The molecular formula is C32H41N11O6. The molecule has 2 amide bonds. The van der Waals surface area contributed by atoms with Gasteiger partial charge in [0.05, 0.1) is 18.4 Å². The van der Waals surface area contributed by atoms with Gasteiger partial charge in [0.1, 0.15) is 6.04 Å². The third-order valence-corrected chi connectivity index (χ3v) is 6.83. The molecule has 2 aromatic carbocycles. The molecular weight excluding hydrogens is 634 g/mol. The molecule has 0 aliphatic rings. The van der Waals surface area contributed by atoms with Crippen LogP contribution in [0.4, 0.5) is 17.5 Å². The van der Waals surface area contributed by atoms with Crippen LogP contribution in [0, 0.1) is 0 Å². The van der Waals surface area contributed by atoms with Crippen LogP contribution in [0.5, 0.6) is 0 Å². The fourth-order valence-electron chi connectivity index (χ4n) is 4.34. The lowest BCUT2D eigenvalue weighted by atomic mass is 10.1. The first-order valence-electron chi connectivity index (χ1n) is 15.2. The zero-order valence-corrected chi connectivity index (χ0v) is 27.6. The van der Waals surface area contributed by atoms with Gasteiger partial charge in [-0.2, -0.15) is 9.97 Å². The van der Waals surface area contributed by atoms with Crippen LogP contribution in [0.3, 0.4) is 0 Å². The van der Waals surface area contributed by atoms with E-state index in [-0.39, 0.29) is 42.1 Å². The molecule has 4 rings (SSSR count). The minimum absolute atomic E-state index is 0.0138. The number of nitrogens with one attached hydrogen (secondary N) is 4. The molecule has 1 atom stereocenters. The fourth-order valence-corrected chi connectivity index (χ4v) is 4.34. The van der Waals surface area contributed by atoms with Gasteiger partial charge in [-0.05, 0) is 69.3 Å². The van der Waals surface area contributed by atoms with Crippen LogP contribution in [0.15, 0.2) is 54.7 Å². The van der Waals surface area contributed by atoms with E-state index in [1.165, 1.54) is 12.1 Å². The zero-order chi connectivity index (χ0) is 36.1. The Morgan fingerprint density at radius 1 is 0.878 bits per heavy atom. The Kier molecular flexibility index (Phi) is 13.7. The van der Waals surface area contributed by atoms with Crippen molar-refractivity contribution in [3.63, 3.8) is 0 Å².